The van der Waals surface area contributed by atoms with Crippen molar-refractivity contribution in [2.24, 2.45) is 5.92 Å². The van der Waals surface area contributed by atoms with Gasteiger partial charge in [-0.15, -0.1) is 0 Å². The van der Waals surface area contributed by atoms with E-state index in [-0.39, 0.29) is 0 Å². The fraction of sp³-hybridized carbons (Fsp3) is 0.647. The van der Waals surface area contributed by atoms with Gasteiger partial charge in [-0.25, -0.2) is 21.5 Å². The molecule has 0 bridgehead atoms. The van der Waals surface area contributed by atoms with Crippen LogP contribution < -0.4 is 4.90 Å². The van der Waals surface area contributed by atoms with E-state index in [1.165, 1.54) is 18.4 Å². The fourth-order valence-corrected chi connectivity index (χ4v) is 4.68. The summed E-state index contributed by atoms with van der Waals surface area (Å²) in [5.41, 5.74) is 0.320. The van der Waals surface area contributed by atoms with Crippen LogP contribution >= 0.6 is 0 Å². The van der Waals surface area contributed by atoms with Crippen LogP contribution in [0, 0.1) is 17.6 Å². The molecular formula is C17H25F2N3O2S. The van der Waals surface area contributed by atoms with Crippen LogP contribution in [0.5, 0.6) is 0 Å². The van der Waals surface area contributed by atoms with Gasteiger partial charge >= 0.3 is 0 Å². The molecule has 140 valence electrons. The Balaban J connectivity index is 1.53. The third-order valence-corrected chi connectivity index (χ3v) is 6.36. The second-order valence-electron chi connectivity index (χ2n) is 7.01. The van der Waals surface area contributed by atoms with Gasteiger partial charge in [0.25, 0.3) is 0 Å². The molecule has 0 aliphatic carbocycles. The molecular weight excluding hydrogens is 348 g/mol. The second kappa shape index (κ2) is 7.55. The van der Waals surface area contributed by atoms with Gasteiger partial charge in [0.15, 0.2) is 0 Å². The molecule has 2 aliphatic heterocycles. The van der Waals surface area contributed by atoms with Crippen LogP contribution in [-0.4, -0.2) is 69.7 Å². The summed E-state index contributed by atoms with van der Waals surface area (Å²) in [4.78, 5) is 4.17. The van der Waals surface area contributed by atoms with Crippen LogP contribution in [0.25, 0.3) is 0 Å². The number of hydrogen-bond acceptors (Lipinski definition) is 4. The van der Waals surface area contributed by atoms with Gasteiger partial charge in [-0.05, 0) is 30.9 Å². The van der Waals surface area contributed by atoms with Gasteiger partial charge in [-0.1, -0.05) is 0 Å². The average molecular weight is 373 g/mol. The number of sulfonamides is 1. The van der Waals surface area contributed by atoms with E-state index in [1.54, 1.807) is 4.31 Å². The third-order valence-electron chi connectivity index (χ3n) is 5.09. The minimum absolute atomic E-state index is 0.320. The summed E-state index contributed by atoms with van der Waals surface area (Å²) in [6.07, 6.45) is 3.19. The highest BCUT2D eigenvalue weighted by Crippen LogP contribution is 2.24. The Kier molecular flexibility index (Phi) is 5.60. The molecule has 2 heterocycles. The zero-order valence-corrected chi connectivity index (χ0v) is 15.3. The molecule has 2 saturated heterocycles. The van der Waals surface area contributed by atoms with Crippen molar-refractivity contribution >= 4 is 15.7 Å². The maximum Gasteiger partial charge on any atom is 0.211 e. The second-order valence-corrected chi connectivity index (χ2v) is 9.00. The van der Waals surface area contributed by atoms with E-state index in [0.717, 1.165) is 38.5 Å². The molecule has 0 amide bonds. The summed E-state index contributed by atoms with van der Waals surface area (Å²) >= 11 is 0. The van der Waals surface area contributed by atoms with Crippen LogP contribution in [-0.2, 0) is 10.0 Å². The van der Waals surface area contributed by atoms with Crippen molar-refractivity contribution in [1.29, 1.82) is 0 Å². The summed E-state index contributed by atoms with van der Waals surface area (Å²) in [5.74, 6) is -0.492. The van der Waals surface area contributed by atoms with E-state index in [0.29, 0.717) is 37.8 Å². The van der Waals surface area contributed by atoms with Crippen LogP contribution in [0.1, 0.15) is 12.8 Å². The lowest BCUT2D eigenvalue weighted by atomic mass is 9.98. The number of halogens is 2. The van der Waals surface area contributed by atoms with Crippen molar-refractivity contribution in [1.82, 2.24) is 9.21 Å². The summed E-state index contributed by atoms with van der Waals surface area (Å²) in [7, 11) is -3.12. The molecule has 1 unspecified atom stereocenters. The van der Waals surface area contributed by atoms with Gasteiger partial charge in [-0.2, -0.15) is 0 Å². The van der Waals surface area contributed by atoms with E-state index in [4.69, 9.17) is 0 Å². The van der Waals surface area contributed by atoms with Gasteiger partial charge < -0.3 is 4.90 Å². The molecule has 1 aromatic carbocycles. The van der Waals surface area contributed by atoms with E-state index in [9.17, 15) is 17.2 Å². The predicted molar refractivity (Wildman–Crippen MR) is 94.2 cm³/mol. The molecule has 8 heteroatoms. The molecule has 1 aromatic rings. The molecule has 1 atom stereocenters. The first-order chi connectivity index (χ1) is 11.8. The van der Waals surface area contributed by atoms with Gasteiger partial charge in [-0.3, -0.25) is 4.90 Å². The number of nitrogens with zero attached hydrogens (tertiary/aromatic N) is 3. The first-order valence-corrected chi connectivity index (χ1v) is 10.6. The average Bonchev–Trinajstić information content (AvgIpc) is 2.57. The van der Waals surface area contributed by atoms with Crippen LogP contribution in [0.2, 0.25) is 0 Å². The first-order valence-electron chi connectivity index (χ1n) is 8.70. The normalized spacial score (nSPS) is 23.8. The monoisotopic (exact) mass is 373 g/mol. The Labute approximate surface area is 148 Å². The van der Waals surface area contributed by atoms with E-state index >= 15 is 0 Å². The molecule has 0 spiro atoms. The minimum atomic E-state index is -3.12. The molecule has 5 nitrogen and oxygen atoms in total. The highest BCUT2D eigenvalue weighted by molar-refractivity contribution is 7.88. The van der Waals surface area contributed by atoms with Gasteiger partial charge in [0.2, 0.25) is 10.0 Å². The highest BCUT2D eigenvalue weighted by Gasteiger charge is 2.28. The van der Waals surface area contributed by atoms with E-state index < -0.39 is 21.7 Å². The number of hydrogen-bond donors (Lipinski definition) is 0. The van der Waals surface area contributed by atoms with Crippen LogP contribution in [0.3, 0.4) is 0 Å². The first kappa shape index (κ1) is 18.5. The zero-order valence-electron chi connectivity index (χ0n) is 14.5. The Bertz CT molecular complexity index is 706. The predicted octanol–water partition coefficient (Wildman–Crippen LogP) is 1.76. The molecule has 2 aliphatic rings. The van der Waals surface area contributed by atoms with Crippen molar-refractivity contribution in [3.8, 4) is 0 Å². The number of piperazine rings is 1. The Morgan fingerprint density at radius 2 is 1.84 bits per heavy atom. The molecule has 0 N–H and O–H groups in total. The van der Waals surface area contributed by atoms with E-state index in [1.807, 2.05) is 4.90 Å². The molecule has 0 radical (unpaired) electrons. The minimum Gasteiger partial charge on any atom is -0.367 e. The highest BCUT2D eigenvalue weighted by atomic mass is 32.2. The molecule has 0 saturated carbocycles. The Morgan fingerprint density at radius 1 is 1.12 bits per heavy atom. The molecule has 2 fully saturated rings. The molecule has 3 rings (SSSR count). The fourth-order valence-electron chi connectivity index (χ4n) is 3.74. The number of anilines is 1. The summed E-state index contributed by atoms with van der Waals surface area (Å²) in [6, 6.07) is 3.54. The smallest absolute Gasteiger partial charge is 0.211 e. The van der Waals surface area contributed by atoms with Gasteiger partial charge in [0, 0.05) is 51.9 Å². The van der Waals surface area contributed by atoms with E-state index in [2.05, 4.69) is 4.90 Å². The standard InChI is InChI=1S/C17H25F2N3O2S/c1-25(23,24)22-6-2-3-14(13-22)12-20-7-9-21(10-8-20)17-11-15(18)4-5-16(17)19/h4-5,11,14H,2-3,6-10,12-13H2,1H3. The number of piperidine rings is 1. The summed E-state index contributed by atoms with van der Waals surface area (Å²) in [6.45, 7) is 4.87. The van der Waals surface area contributed by atoms with Crippen molar-refractivity contribution in [2.75, 3.05) is 57.0 Å². The lowest BCUT2D eigenvalue weighted by molar-refractivity contribution is 0.172. The van der Waals surface area contributed by atoms with Crippen molar-refractivity contribution in [3.05, 3.63) is 29.8 Å². The Morgan fingerprint density at radius 3 is 2.52 bits per heavy atom. The SMILES string of the molecule is CS(=O)(=O)N1CCCC(CN2CCN(c3cc(F)ccc3F)CC2)C1. The third kappa shape index (κ3) is 4.68. The van der Waals surface area contributed by atoms with Gasteiger partial charge in [0.05, 0.1) is 11.9 Å². The number of benzene rings is 1. The summed E-state index contributed by atoms with van der Waals surface area (Å²) < 4.78 is 52.3. The van der Waals surface area contributed by atoms with Crippen molar-refractivity contribution in [2.45, 2.75) is 12.8 Å². The zero-order chi connectivity index (χ0) is 18.0. The quantitative estimate of drug-likeness (QED) is 0.807. The Hall–Kier alpha value is -1.25. The lowest BCUT2D eigenvalue weighted by Crippen LogP contribution is -2.50. The van der Waals surface area contributed by atoms with Crippen LogP contribution in [0.15, 0.2) is 18.2 Å². The van der Waals surface area contributed by atoms with Gasteiger partial charge in [0.1, 0.15) is 11.6 Å². The maximum absolute atomic E-state index is 13.9. The molecule has 25 heavy (non-hydrogen) atoms. The largest absolute Gasteiger partial charge is 0.367 e. The van der Waals surface area contributed by atoms with Crippen LogP contribution in [0.4, 0.5) is 14.5 Å². The molecule has 0 aromatic heterocycles. The maximum atomic E-state index is 13.9. The summed E-state index contributed by atoms with van der Waals surface area (Å²) in [5, 5.41) is 0. The topological polar surface area (TPSA) is 43.9 Å². The van der Waals surface area contributed by atoms with Crippen molar-refractivity contribution < 1.29 is 17.2 Å². The number of rotatable bonds is 4. The van der Waals surface area contributed by atoms with Crippen molar-refractivity contribution in [3.63, 3.8) is 0 Å². The lowest BCUT2D eigenvalue weighted by Gasteiger charge is -2.39.